The minimum absolute atomic E-state index is 0.153. The summed E-state index contributed by atoms with van der Waals surface area (Å²) in [5.74, 6) is -0.250. The topological polar surface area (TPSA) is 154 Å². The molecule has 0 aliphatic heterocycles. The first-order chi connectivity index (χ1) is 15.1. The summed E-state index contributed by atoms with van der Waals surface area (Å²) in [6.07, 6.45) is 0.388. The van der Waals surface area contributed by atoms with Crippen molar-refractivity contribution in [3.8, 4) is 0 Å². The monoisotopic (exact) mass is 476 g/mol. The second kappa shape index (κ2) is 9.94. The average Bonchev–Trinajstić information content (AvgIpc) is 3.17. The third-order valence-corrected chi connectivity index (χ3v) is 6.06. The number of benzene rings is 1. The summed E-state index contributed by atoms with van der Waals surface area (Å²) in [4.78, 5) is 29.1. The molecule has 10 nitrogen and oxygen atoms in total. The predicted molar refractivity (Wildman–Crippen MR) is 116 cm³/mol. The van der Waals surface area contributed by atoms with Gasteiger partial charge in [-0.3, -0.25) is 4.79 Å². The van der Waals surface area contributed by atoms with Crippen molar-refractivity contribution in [2.24, 2.45) is 5.14 Å². The van der Waals surface area contributed by atoms with Gasteiger partial charge in [-0.1, -0.05) is 23.0 Å². The Labute approximate surface area is 188 Å². The van der Waals surface area contributed by atoms with Crippen molar-refractivity contribution >= 4 is 39.3 Å². The number of pyridine rings is 1. The fourth-order valence-electron chi connectivity index (χ4n) is 2.56. The van der Waals surface area contributed by atoms with Gasteiger partial charge in [0.2, 0.25) is 10.0 Å². The van der Waals surface area contributed by atoms with E-state index in [4.69, 9.17) is 14.4 Å². The standard InChI is InChI=1S/C20H20N4O6S2/c1-12-9-15(24-30-12)11-31-19-17(7-4-8-22-19)20(26)29-13(2)18(25)23-14-5-3-6-16(10-14)32(21,27)28/h3-10,13H,11H2,1-2H3,(H,23,25)(H2,21,27,28). The van der Waals surface area contributed by atoms with E-state index in [2.05, 4.69) is 15.5 Å². The van der Waals surface area contributed by atoms with Crippen LogP contribution in [0, 0.1) is 6.92 Å². The first kappa shape index (κ1) is 23.4. The molecule has 0 aliphatic rings. The quantitative estimate of drug-likeness (QED) is 0.368. The Morgan fingerprint density at radius 3 is 2.72 bits per heavy atom. The van der Waals surface area contributed by atoms with Gasteiger partial charge >= 0.3 is 5.97 Å². The number of primary sulfonamides is 1. The Balaban J connectivity index is 1.64. The highest BCUT2D eigenvalue weighted by atomic mass is 32.2. The van der Waals surface area contributed by atoms with E-state index in [1.165, 1.54) is 43.0 Å². The molecule has 0 bridgehead atoms. The van der Waals surface area contributed by atoms with Gasteiger partial charge in [0.15, 0.2) is 6.10 Å². The molecule has 0 fully saturated rings. The number of carbonyl (C=O) groups is 2. The highest BCUT2D eigenvalue weighted by Crippen LogP contribution is 2.25. The van der Waals surface area contributed by atoms with E-state index in [9.17, 15) is 18.0 Å². The number of aromatic nitrogens is 2. The first-order valence-corrected chi connectivity index (χ1v) is 11.8. The van der Waals surface area contributed by atoms with E-state index in [1.807, 2.05) is 0 Å². The largest absolute Gasteiger partial charge is 0.449 e. The molecule has 168 valence electrons. The van der Waals surface area contributed by atoms with Gasteiger partial charge in [-0.2, -0.15) is 0 Å². The van der Waals surface area contributed by atoms with Crippen LogP contribution in [0.25, 0.3) is 0 Å². The number of nitrogens with one attached hydrogen (secondary N) is 1. The van der Waals surface area contributed by atoms with Crippen molar-refractivity contribution in [3.63, 3.8) is 0 Å². The highest BCUT2D eigenvalue weighted by Gasteiger charge is 2.22. The van der Waals surface area contributed by atoms with E-state index in [1.54, 1.807) is 31.3 Å². The summed E-state index contributed by atoms with van der Waals surface area (Å²) in [5.41, 5.74) is 1.10. The van der Waals surface area contributed by atoms with E-state index in [0.29, 0.717) is 22.2 Å². The first-order valence-electron chi connectivity index (χ1n) is 9.28. The second-order valence-corrected chi connectivity index (χ2v) is 9.21. The minimum Gasteiger partial charge on any atom is -0.449 e. The second-order valence-electron chi connectivity index (χ2n) is 6.68. The van der Waals surface area contributed by atoms with Crippen LogP contribution in [0.4, 0.5) is 5.69 Å². The molecule has 12 heteroatoms. The highest BCUT2D eigenvalue weighted by molar-refractivity contribution is 7.98. The molecule has 0 spiro atoms. The van der Waals surface area contributed by atoms with Gasteiger partial charge in [-0.05, 0) is 44.2 Å². The summed E-state index contributed by atoms with van der Waals surface area (Å²) in [6, 6.07) is 10.4. The van der Waals surface area contributed by atoms with Gasteiger partial charge in [-0.15, -0.1) is 0 Å². The average molecular weight is 477 g/mol. The molecule has 3 aromatic rings. The van der Waals surface area contributed by atoms with Crippen molar-refractivity contribution in [3.05, 3.63) is 65.7 Å². The van der Waals surface area contributed by atoms with Crippen LogP contribution in [-0.4, -0.2) is 36.5 Å². The van der Waals surface area contributed by atoms with E-state index < -0.39 is 28.0 Å². The van der Waals surface area contributed by atoms with E-state index in [-0.39, 0.29) is 16.1 Å². The van der Waals surface area contributed by atoms with Crippen LogP contribution < -0.4 is 10.5 Å². The number of rotatable bonds is 8. The summed E-state index contributed by atoms with van der Waals surface area (Å²) in [5, 5.41) is 11.9. The van der Waals surface area contributed by atoms with Crippen molar-refractivity contribution in [2.45, 2.75) is 35.6 Å². The number of anilines is 1. The molecule has 2 aromatic heterocycles. The van der Waals surface area contributed by atoms with Crippen LogP contribution >= 0.6 is 11.8 Å². The molecular weight excluding hydrogens is 456 g/mol. The number of amides is 1. The van der Waals surface area contributed by atoms with Crippen LogP contribution in [0.5, 0.6) is 0 Å². The maximum atomic E-state index is 12.6. The number of carbonyl (C=O) groups excluding carboxylic acids is 2. The number of sulfonamides is 1. The summed E-state index contributed by atoms with van der Waals surface area (Å²) < 4.78 is 33.2. The van der Waals surface area contributed by atoms with Gasteiger partial charge in [0.05, 0.1) is 16.2 Å². The third kappa shape index (κ3) is 6.15. The fraction of sp³-hybridized carbons (Fsp3) is 0.200. The van der Waals surface area contributed by atoms with Gasteiger partial charge in [0.25, 0.3) is 5.91 Å². The molecule has 0 radical (unpaired) electrons. The van der Waals surface area contributed by atoms with Crippen molar-refractivity contribution in [2.75, 3.05) is 5.32 Å². The fourth-order valence-corrected chi connectivity index (χ4v) is 3.98. The van der Waals surface area contributed by atoms with Gasteiger partial charge < -0.3 is 14.6 Å². The Morgan fingerprint density at radius 1 is 1.25 bits per heavy atom. The molecular formula is C20H20N4O6S2. The van der Waals surface area contributed by atoms with Gasteiger partial charge in [0, 0.05) is 23.7 Å². The van der Waals surface area contributed by atoms with Crippen LogP contribution in [0.1, 0.15) is 28.7 Å². The zero-order valence-corrected chi connectivity index (χ0v) is 18.8. The molecule has 32 heavy (non-hydrogen) atoms. The lowest BCUT2D eigenvalue weighted by Crippen LogP contribution is -2.30. The van der Waals surface area contributed by atoms with Crippen molar-refractivity contribution in [1.29, 1.82) is 0 Å². The van der Waals surface area contributed by atoms with Crippen LogP contribution in [0.15, 0.2) is 63.1 Å². The number of aryl methyl sites for hydroxylation is 1. The number of hydrogen-bond acceptors (Lipinski definition) is 9. The summed E-state index contributed by atoms with van der Waals surface area (Å²) >= 11 is 1.28. The molecule has 0 saturated heterocycles. The maximum Gasteiger partial charge on any atom is 0.341 e. The van der Waals surface area contributed by atoms with Crippen molar-refractivity contribution < 1.29 is 27.3 Å². The van der Waals surface area contributed by atoms with Crippen LogP contribution in [0.3, 0.4) is 0 Å². The molecule has 3 N–H and O–H groups in total. The number of esters is 1. The van der Waals surface area contributed by atoms with E-state index >= 15 is 0 Å². The Bertz CT molecular complexity index is 1240. The zero-order chi connectivity index (χ0) is 23.3. The lowest BCUT2D eigenvalue weighted by molar-refractivity contribution is -0.123. The maximum absolute atomic E-state index is 12.6. The summed E-state index contributed by atoms with van der Waals surface area (Å²) in [7, 11) is -3.92. The third-order valence-electron chi connectivity index (χ3n) is 4.11. The SMILES string of the molecule is Cc1cc(CSc2ncccc2C(=O)OC(C)C(=O)Nc2cccc(S(N)(=O)=O)c2)no1. The minimum atomic E-state index is -3.92. The number of nitrogens with zero attached hydrogens (tertiary/aromatic N) is 2. The lowest BCUT2D eigenvalue weighted by atomic mass is 10.2. The molecule has 2 heterocycles. The molecule has 1 aromatic carbocycles. The number of nitrogens with two attached hydrogens (primary N) is 1. The van der Waals surface area contributed by atoms with Crippen LogP contribution in [-0.2, 0) is 25.3 Å². The molecule has 1 atom stereocenters. The summed E-state index contributed by atoms with van der Waals surface area (Å²) in [6.45, 7) is 3.18. The Hall–Kier alpha value is -3.22. The Morgan fingerprint density at radius 2 is 2.03 bits per heavy atom. The normalized spacial score (nSPS) is 12.2. The van der Waals surface area contributed by atoms with Crippen molar-refractivity contribution in [1.82, 2.24) is 10.1 Å². The molecule has 3 rings (SSSR count). The smallest absolute Gasteiger partial charge is 0.341 e. The van der Waals surface area contributed by atoms with Crippen LogP contribution in [0.2, 0.25) is 0 Å². The van der Waals surface area contributed by atoms with Gasteiger partial charge in [0.1, 0.15) is 10.8 Å². The van der Waals surface area contributed by atoms with Gasteiger partial charge in [-0.25, -0.2) is 23.3 Å². The molecule has 0 saturated carbocycles. The number of hydrogen-bond donors (Lipinski definition) is 2. The Kier molecular flexibility index (Phi) is 7.28. The number of ether oxygens (including phenoxy) is 1. The molecule has 0 aliphatic carbocycles. The molecule has 1 amide bonds. The lowest BCUT2D eigenvalue weighted by Gasteiger charge is -2.15. The number of thioether (sulfide) groups is 1. The zero-order valence-electron chi connectivity index (χ0n) is 17.1. The molecule has 1 unspecified atom stereocenters. The predicted octanol–water partition coefficient (Wildman–Crippen LogP) is 2.50. The van der Waals surface area contributed by atoms with E-state index in [0.717, 1.165) is 0 Å².